The Labute approximate surface area is 154 Å². The van der Waals surface area contributed by atoms with Crippen LogP contribution in [0.3, 0.4) is 0 Å². The highest BCUT2D eigenvalue weighted by Crippen LogP contribution is 2.11. The molecule has 0 aromatic carbocycles. The molecule has 3 aromatic rings. The Morgan fingerprint density at radius 3 is 2.41 bits per heavy atom. The zero-order chi connectivity index (χ0) is 19.0. The van der Waals surface area contributed by atoms with Crippen molar-refractivity contribution in [2.75, 3.05) is 26.2 Å². The molecule has 1 fully saturated rings. The molecule has 2 amide bonds. The molecule has 0 radical (unpaired) electrons. The number of hydrogen-bond acceptors (Lipinski definition) is 5. The molecule has 8 heteroatoms. The highest BCUT2D eigenvalue weighted by Gasteiger charge is 2.27. The Morgan fingerprint density at radius 1 is 1.04 bits per heavy atom. The highest BCUT2D eigenvalue weighted by molar-refractivity contribution is 5.95. The first-order chi connectivity index (χ1) is 13.0. The minimum absolute atomic E-state index is 0.0349. The van der Waals surface area contributed by atoms with Gasteiger partial charge >= 0.3 is 0 Å². The molecule has 0 aliphatic carbocycles. The molecule has 4 rings (SSSR count). The van der Waals surface area contributed by atoms with Crippen LogP contribution in [-0.2, 0) is 0 Å². The second-order valence-corrected chi connectivity index (χ2v) is 6.51. The van der Waals surface area contributed by atoms with Gasteiger partial charge in [-0.1, -0.05) is 6.07 Å². The molecule has 0 saturated carbocycles. The first kappa shape index (κ1) is 17.0. The summed E-state index contributed by atoms with van der Waals surface area (Å²) in [4.78, 5) is 45.3. The molecule has 0 spiro atoms. The number of nitrogens with zero attached hydrogens (tertiary/aromatic N) is 4. The van der Waals surface area contributed by atoms with E-state index in [1.54, 1.807) is 28.1 Å². The first-order valence-electron chi connectivity index (χ1n) is 8.63. The van der Waals surface area contributed by atoms with Gasteiger partial charge in [-0.3, -0.25) is 18.8 Å². The minimum atomic E-state index is -0.384. The van der Waals surface area contributed by atoms with E-state index in [1.807, 2.05) is 13.0 Å². The average molecular weight is 366 g/mol. The van der Waals surface area contributed by atoms with E-state index in [1.165, 1.54) is 23.1 Å². The Balaban J connectivity index is 1.51. The van der Waals surface area contributed by atoms with Gasteiger partial charge in [-0.15, -0.1) is 0 Å². The summed E-state index contributed by atoms with van der Waals surface area (Å²) in [6.07, 6.45) is 5.86. The van der Waals surface area contributed by atoms with Crippen LogP contribution in [0.4, 0.5) is 0 Å². The van der Waals surface area contributed by atoms with Crippen LogP contribution in [0.5, 0.6) is 0 Å². The van der Waals surface area contributed by atoms with E-state index in [4.69, 9.17) is 4.42 Å². The summed E-state index contributed by atoms with van der Waals surface area (Å²) >= 11 is 0. The smallest absolute Gasteiger partial charge is 0.270 e. The van der Waals surface area contributed by atoms with Crippen molar-refractivity contribution in [2.24, 2.45) is 0 Å². The summed E-state index contributed by atoms with van der Waals surface area (Å²) in [7, 11) is 0. The lowest BCUT2D eigenvalue weighted by Crippen LogP contribution is -2.51. The van der Waals surface area contributed by atoms with Crippen LogP contribution >= 0.6 is 0 Å². The van der Waals surface area contributed by atoms with Crippen LogP contribution in [-0.4, -0.2) is 57.2 Å². The van der Waals surface area contributed by atoms with Crippen molar-refractivity contribution in [1.29, 1.82) is 0 Å². The SMILES string of the molecule is Cc1ccc2ncc(C(=O)N3CCN(C(=O)c4ccoc4)CC3)c(=O)n2c1. The largest absolute Gasteiger partial charge is 0.472 e. The van der Waals surface area contributed by atoms with E-state index in [0.29, 0.717) is 37.4 Å². The van der Waals surface area contributed by atoms with Gasteiger partial charge in [-0.25, -0.2) is 4.98 Å². The van der Waals surface area contributed by atoms with E-state index in [-0.39, 0.29) is 22.9 Å². The van der Waals surface area contributed by atoms with Gasteiger partial charge in [0.1, 0.15) is 17.5 Å². The Morgan fingerprint density at radius 2 is 1.74 bits per heavy atom. The van der Waals surface area contributed by atoms with Crippen LogP contribution in [0.25, 0.3) is 5.65 Å². The summed E-state index contributed by atoms with van der Waals surface area (Å²) in [5, 5.41) is 0. The molecule has 0 atom stereocenters. The fourth-order valence-electron chi connectivity index (χ4n) is 3.18. The normalized spacial score (nSPS) is 14.6. The third-order valence-corrected chi connectivity index (χ3v) is 4.70. The van der Waals surface area contributed by atoms with Crippen molar-refractivity contribution < 1.29 is 14.0 Å². The van der Waals surface area contributed by atoms with E-state index in [9.17, 15) is 14.4 Å². The van der Waals surface area contributed by atoms with Crippen molar-refractivity contribution in [2.45, 2.75) is 6.92 Å². The molecule has 3 aromatic heterocycles. The number of carbonyl (C=O) groups is 2. The molecular weight excluding hydrogens is 348 g/mol. The fourth-order valence-corrected chi connectivity index (χ4v) is 3.18. The van der Waals surface area contributed by atoms with Gasteiger partial charge in [-0.05, 0) is 24.6 Å². The molecule has 1 aliphatic heterocycles. The molecule has 138 valence electrons. The first-order valence-corrected chi connectivity index (χ1v) is 8.63. The van der Waals surface area contributed by atoms with Crippen molar-refractivity contribution >= 4 is 17.5 Å². The lowest BCUT2D eigenvalue weighted by molar-refractivity contribution is 0.0533. The number of aryl methyl sites for hydroxylation is 1. The molecule has 8 nitrogen and oxygen atoms in total. The number of pyridine rings is 1. The van der Waals surface area contributed by atoms with Crippen molar-refractivity contribution in [3.05, 3.63) is 70.2 Å². The maximum absolute atomic E-state index is 12.8. The summed E-state index contributed by atoms with van der Waals surface area (Å²) in [6.45, 7) is 3.39. The third-order valence-electron chi connectivity index (χ3n) is 4.70. The number of furan rings is 1. The average Bonchev–Trinajstić information content (AvgIpc) is 3.23. The monoisotopic (exact) mass is 366 g/mol. The van der Waals surface area contributed by atoms with Crippen LogP contribution in [0, 0.1) is 6.92 Å². The van der Waals surface area contributed by atoms with Gasteiger partial charge in [0.15, 0.2) is 0 Å². The number of rotatable bonds is 2. The molecule has 0 unspecified atom stereocenters. The topological polar surface area (TPSA) is 88.1 Å². The fraction of sp³-hybridized carbons (Fsp3) is 0.263. The zero-order valence-corrected chi connectivity index (χ0v) is 14.8. The molecule has 1 aliphatic rings. The maximum atomic E-state index is 12.8. The third kappa shape index (κ3) is 3.10. The number of piperazine rings is 1. The maximum Gasteiger partial charge on any atom is 0.270 e. The summed E-state index contributed by atoms with van der Waals surface area (Å²) in [6, 6.07) is 5.22. The Hall–Kier alpha value is -3.42. The van der Waals surface area contributed by atoms with Gasteiger partial charge in [-0.2, -0.15) is 0 Å². The standard InChI is InChI=1S/C19H18N4O4/c1-13-2-3-16-20-10-15(19(26)23(16)11-13)18(25)22-7-5-21(6-8-22)17(24)14-4-9-27-12-14/h2-4,9-12H,5-8H2,1H3. The Bertz CT molecular complexity index is 1060. The highest BCUT2D eigenvalue weighted by atomic mass is 16.3. The summed E-state index contributed by atoms with van der Waals surface area (Å²) < 4.78 is 6.33. The molecule has 27 heavy (non-hydrogen) atoms. The predicted molar refractivity (Wildman–Crippen MR) is 96.7 cm³/mol. The molecular formula is C19H18N4O4. The van der Waals surface area contributed by atoms with Crippen LogP contribution in [0.15, 0.2) is 52.3 Å². The lowest BCUT2D eigenvalue weighted by atomic mass is 10.2. The van der Waals surface area contributed by atoms with Gasteiger partial charge in [0, 0.05) is 38.6 Å². The van der Waals surface area contributed by atoms with E-state index in [0.717, 1.165) is 5.56 Å². The molecule has 4 heterocycles. The lowest BCUT2D eigenvalue weighted by Gasteiger charge is -2.34. The molecule has 0 bridgehead atoms. The van der Waals surface area contributed by atoms with E-state index < -0.39 is 0 Å². The van der Waals surface area contributed by atoms with Gasteiger partial charge in [0.25, 0.3) is 17.4 Å². The second kappa shape index (κ2) is 6.71. The zero-order valence-electron chi connectivity index (χ0n) is 14.8. The summed E-state index contributed by atoms with van der Waals surface area (Å²) in [5.41, 5.74) is 1.54. The summed E-state index contributed by atoms with van der Waals surface area (Å²) in [5.74, 6) is -0.488. The van der Waals surface area contributed by atoms with Crippen LogP contribution in [0.2, 0.25) is 0 Å². The Kier molecular flexibility index (Phi) is 4.23. The number of amides is 2. The minimum Gasteiger partial charge on any atom is -0.472 e. The number of fused-ring (bicyclic) bond motifs is 1. The quantitative estimate of drug-likeness (QED) is 0.680. The van der Waals surface area contributed by atoms with Gasteiger partial charge in [0.2, 0.25) is 0 Å². The van der Waals surface area contributed by atoms with E-state index in [2.05, 4.69) is 4.98 Å². The molecule has 1 saturated heterocycles. The van der Waals surface area contributed by atoms with E-state index >= 15 is 0 Å². The van der Waals surface area contributed by atoms with Crippen LogP contribution in [0.1, 0.15) is 26.3 Å². The van der Waals surface area contributed by atoms with Gasteiger partial charge in [0.05, 0.1) is 11.8 Å². The number of carbonyl (C=O) groups excluding carboxylic acids is 2. The molecule has 0 N–H and O–H groups in total. The van der Waals surface area contributed by atoms with Crippen molar-refractivity contribution in [1.82, 2.24) is 19.2 Å². The van der Waals surface area contributed by atoms with Crippen molar-refractivity contribution in [3.63, 3.8) is 0 Å². The second-order valence-electron chi connectivity index (χ2n) is 6.51. The van der Waals surface area contributed by atoms with Crippen LogP contribution < -0.4 is 5.56 Å². The van der Waals surface area contributed by atoms with Gasteiger partial charge < -0.3 is 14.2 Å². The number of hydrogen-bond donors (Lipinski definition) is 0. The predicted octanol–water partition coefficient (Wildman–Crippen LogP) is 1.19. The number of aromatic nitrogens is 2. The van der Waals surface area contributed by atoms with Crippen molar-refractivity contribution in [3.8, 4) is 0 Å².